The third-order valence-electron chi connectivity index (χ3n) is 4.89. The second-order valence-corrected chi connectivity index (χ2v) is 7.09. The van der Waals surface area contributed by atoms with Crippen molar-refractivity contribution in [2.75, 3.05) is 13.1 Å². The molecule has 5 heteroatoms. The Kier molecular flexibility index (Phi) is 7.06. The van der Waals surface area contributed by atoms with Crippen molar-refractivity contribution in [2.45, 2.75) is 45.3 Å². The second-order valence-electron chi connectivity index (χ2n) is 7.09. The van der Waals surface area contributed by atoms with E-state index >= 15 is 0 Å². The highest BCUT2D eigenvalue weighted by Crippen LogP contribution is 2.15. The number of para-hydroxylation sites is 1. The van der Waals surface area contributed by atoms with Gasteiger partial charge in [-0.2, -0.15) is 0 Å². The first-order valence-electron chi connectivity index (χ1n) is 9.90. The molecule has 0 spiro atoms. The van der Waals surface area contributed by atoms with Crippen LogP contribution in [0.2, 0.25) is 0 Å². The number of ether oxygens (including phenoxy) is 2. The van der Waals surface area contributed by atoms with Crippen LogP contribution in [0, 0.1) is 0 Å². The van der Waals surface area contributed by atoms with Crippen molar-refractivity contribution in [3.05, 3.63) is 65.7 Å². The first-order chi connectivity index (χ1) is 13.6. The van der Waals surface area contributed by atoms with E-state index in [1.54, 1.807) is 19.1 Å². The van der Waals surface area contributed by atoms with Crippen LogP contribution < -0.4 is 4.74 Å². The van der Waals surface area contributed by atoms with E-state index in [1.807, 2.05) is 47.4 Å². The summed E-state index contributed by atoms with van der Waals surface area (Å²) in [6.07, 6.45) is 3.56. The molecule has 0 aliphatic carbocycles. The maximum Gasteiger partial charge on any atom is 0.338 e. The van der Waals surface area contributed by atoms with Gasteiger partial charge in [-0.1, -0.05) is 43.2 Å². The molecule has 0 N–H and O–H groups in total. The number of esters is 1. The highest BCUT2D eigenvalue weighted by Gasteiger charge is 2.24. The van der Waals surface area contributed by atoms with Crippen molar-refractivity contribution in [3.8, 4) is 5.75 Å². The van der Waals surface area contributed by atoms with Gasteiger partial charge in [-0.15, -0.1) is 0 Å². The third kappa shape index (κ3) is 5.59. The van der Waals surface area contributed by atoms with Crippen molar-refractivity contribution >= 4 is 11.9 Å². The van der Waals surface area contributed by atoms with Crippen molar-refractivity contribution in [1.82, 2.24) is 4.90 Å². The highest BCUT2D eigenvalue weighted by atomic mass is 16.5. The zero-order valence-electron chi connectivity index (χ0n) is 16.3. The van der Waals surface area contributed by atoms with Crippen LogP contribution in [0.5, 0.6) is 5.75 Å². The highest BCUT2D eigenvalue weighted by molar-refractivity contribution is 5.92. The van der Waals surface area contributed by atoms with E-state index in [0.29, 0.717) is 12.2 Å². The first kappa shape index (κ1) is 19.9. The van der Waals surface area contributed by atoms with Crippen LogP contribution in [-0.2, 0) is 16.1 Å². The summed E-state index contributed by atoms with van der Waals surface area (Å²) in [6, 6.07) is 16.6. The number of hydrogen-bond acceptors (Lipinski definition) is 4. The molecule has 0 bridgehead atoms. The van der Waals surface area contributed by atoms with E-state index in [-0.39, 0.29) is 5.91 Å². The van der Waals surface area contributed by atoms with Crippen LogP contribution in [0.4, 0.5) is 0 Å². The lowest BCUT2D eigenvalue weighted by atomic mass is 10.1. The topological polar surface area (TPSA) is 55.8 Å². The standard InChI is InChI=1S/C23H27NO4/c1-18(22(25)24-15-7-2-3-8-16-24)28-23(26)20-13-11-19(12-14-20)17-27-21-9-5-4-6-10-21/h4-6,9-14,18H,2-3,7-8,15-17H2,1H3. The number of amides is 1. The lowest BCUT2D eigenvalue weighted by molar-refractivity contribution is -0.139. The van der Waals surface area contributed by atoms with Gasteiger partial charge >= 0.3 is 5.97 Å². The normalized spacial score (nSPS) is 15.4. The van der Waals surface area contributed by atoms with E-state index in [2.05, 4.69) is 0 Å². The lowest BCUT2D eigenvalue weighted by Gasteiger charge is -2.24. The van der Waals surface area contributed by atoms with Crippen molar-refractivity contribution in [2.24, 2.45) is 0 Å². The second kappa shape index (κ2) is 9.93. The van der Waals surface area contributed by atoms with E-state index < -0.39 is 12.1 Å². The molecule has 28 heavy (non-hydrogen) atoms. The summed E-state index contributed by atoms with van der Waals surface area (Å²) in [7, 11) is 0. The summed E-state index contributed by atoms with van der Waals surface area (Å²) in [6.45, 7) is 3.56. The van der Waals surface area contributed by atoms with Crippen LogP contribution in [-0.4, -0.2) is 36.0 Å². The first-order valence-corrected chi connectivity index (χ1v) is 9.90. The monoisotopic (exact) mass is 381 g/mol. The molecule has 1 saturated heterocycles. The molecule has 2 aromatic carbocycles. The zero-order valence-corrected chi connectivity index (χ0v) is 16.3. The van der Waals surface area contributed by atoms with Crippen LogP contribution in [0.3, 0.4) is 0 Å². The van der Waals surface area contributed by atoms with Gasteiger partial charge in [-0.05, 0) is 49.6 Å². The molecule has 1 amide bonds. The number of likely N-dealkylation sites (tertiary alicyclic amines) is 1. The Balaban J connectivity index is 1.51. The Hall–Kier alpha value is -2.82. The summed E-state index contributed by atoms with van der Waals surface area (Å²) >= 11 is 0. The Morgan fingerprint density at radius 2 is 1.57 bits per heavy atom. The molecule has 3 rings (SSSR count). The van der Waals surface area contributed by atoms with Gasteiger partial charge in [0, 0.05) is 13.1 Å². The van der Waals surface area contributed by atoms with Crippen LogP contribution in [0.1, 0.15) is 48.5 Å². The maximum atomic E-state index is 12.5. The average molecular weight is 381 g/mol. The van der Waals surface area contributed by atoms with Crippen molar-refractivity contribution in [1.29, 1.82) is 0 Å². The largest absolute Gasteiger partial charge is 0.489 e. The summed E-state index contributed by atoms with van der Waals surface area (Å²) in [5.41, 5.74) is 1.38. The molecule has 0 aromatic heterocycles. The van der Waals surface area contributed by atoms with Gasteiger partial charge in [0.05, 0.1) is 5.56 Å². The molecule has 1 fully saturated rings. The Labute approximate surface area is 166 Å². The summed E-state index contributed by atoms with van der Waals surface area (Å²) < 4.78 is 11.1. The number of carbonyl (C=O) groups excluding carboxylic acids is 2. The van der Waals surface area contributed by atoms with Gasteiger partial charge in [0.2, 0.25) is 0 Å². The molecule has 148 valence electrons. The van der Waals surface area contributed by atoms with Crippen LogP contribution in [0.15, 0.2) is 54.6 Å². The minimum atomic E-state index is -0.772. The molecule has 0 saturated carbocycles. The smallest absolute Gasteiger partial charge is 0.338 e. The Morgan fingerprint density at radius 1 is 0.929 bits per heavy atom. The van der Waals surface area contributed by atoms with Gasteiger partial charge < -0.3 is 14.4 Å². The minimum absolute atomic E-state index is 0.108. The van der Waals surface area contributed by atoms with Gasteiger partial charge in [-0.25, -0.2) is 4.79 Å². The minimum Gasteiger partial charge on any atom is -0.489 e. The number of hydrogen-bond donors (Lipinski definition) is 0. The van der Waals surface area contributed by atoms with Crippen molar-refractivity contribution in [3.63, 3.8) is 0 Å². The molecule has 1 atom stereocenters. The van der Waals surface area contributed by atoms with Crippen LogP contribution in [0.25, 0.3) is 0 Å². The van der Waals surface area contributed by atoms with E-state index in [0.717, 1.165) is 50.1 Å². The van der Waals surface area contributed by atoms with Crippen LogP contribution >= 0.6 is 0 Å². The summed E-state index contributed by atoms with van der Waals surface area (Å²) in [5.74, 6) is 0.209. The van der Waals surface area contributed by atoms with Gasteiger partial charge in [-0.3, -0.25) is 4.79 Å². The fraction of sp³-hybridized carbons (Fsp3) is 0.391. The molecule has 0 radical (unpaired) electrons. The third-order valence-corrected chi connectivity index (χ3v) is 4.89. The fourth-order valence-corrected chi connectivity index (χ4v) is 3.25. The van der Waals surface area contributed by atoms with Gasteiger partial charge in [0.15, 0.2) is 6.10 Å². The zero-order chi connectivity index (χ0) is 19.8. The van der Waals surface area contributed by atoms with E-state index in [4.69, 9.17) is 9.47 Å². The molecule has 1 aliphatic heterocycles. The summed E-state index contributed by atoms with van der Waals surface area (Å²) in [4.78, 5) is 26.7. The van der Waals surface area contributed by atoms with Gasteiger partial charge in [0.1, 0.15) is 12.4 Å². The molecule has 1 heterocycles. The SMILES string of the molecule is CC(OC(=O)c1ccc(COc2ccccc2)cc1)C(=O)N1CCCCCC1. The number of nitrogens with zero attached hydrogens (tertiary/aromatic N) is 1. The molecular formula is C23H27NO4. The van der Waals surface area contributed by atoms with E-state index in [1.165, 1.54) is 0 Å². The molecule has 1 aliphatic rings. The van der Waals surface area contributed by atoms with Crippen molar-refractivity contribution < 1.29 is 19.1 Å². The predicted molar refractivity (Wildman–Crippen MR) is 107 cm³/mol. The number of rotatable bonds is 6. The van der Waals surface area contributed by atoms with E-state index in [9.17, 15) is 9.59 Å². The Morgan fingerprint density at radius 3 is 2.21 bits per heavy atom. The predicted octanol–water partition coefficient (Wildman–Crippen LogP) is 4.21. The Bertz CT molecular complexity index is 765. The maximum absolute atomic E-state index is 12.5. The summed E-state index contributed by atoms with van der Waals surface area (Å²) in [5, 5.41) is 0. The quantitative estimate of drug-likeness (QED) is 0.703. The average Bonchev–Trinajstić information content (AvgIpc) is 3.02. The molecule has 2 aromatic rings. The molecule has 5 nitrogen and oxygen atoms in total. The number of carbonyl (C=O) groups is 2. The molecule has 1 unspecified atom stereocenters. The number of benzene rings is 2. The van der Waals surface area contributed by atoms with Gasteiger partial charge in [0.25, 0.3) is 5.91 Å². The molecular weight excluding hydrogens is 354 g/mol. The fourth-order valence-electron chi connectivity index (χ4n) is 3.25. The lowest BCUT2D eigenvalue weighted by Crippen LogP contribution is -2.40.